The van der Waals surface area contributed by atoms with Crippen molar-refractivity contribution in [2.45, 2.75) is 19.8 Å². The number of ether oxygens (including phenoxy) is 2. The van der Waals surface area contributed by atoms with Crippen LogP contribution in [-0.2, 0) is 9.53 Å². The van der Waals surface area contributed by atoms with Gasteiger partial charge in [0.15, 0.2) is 0 Å². The molecule has 2 amide bonds. The van der Waals surface area contributed by atoms with Crippen molar-refractivity contribution in [3.8, 4) is 5.75 Å². The van der Waals surface area contributed by atoms with E-state index < -0.39 is 0 Å². The van der Waals surface area contributed by atoms with E-state index in [0.717, 1.165) is 17.1 Å². The monoisotopic (exact) mass is 348 g/mol. The van der Waals surface area contributed by atoms with Gasteiger partial charge in [0.2, 0.25) is 0 Å². The van der Waals surface area contributed by atoms with E-state index >= 15 is 0 Å². The van der Waals surface area contributed by atoms with E-state index in [1.807, 2.05) is 24.3 Å². The Kier molecular flexibility index (Phi) is 7.06. The second-order valence-corrected chi connectivity index (χ2v) is 5.48. The molecule has 1 aliphatic heterocycles. The van der Waals surface area contributed by atoms with Gasteiger partial charge in [0, 0.05) is 43.4 Å². The molecule has 8 heteroatoms. The average molecular weight is 348 g/mol. The van der Waals surface area contributed by atoms with Crippen LogP contribution in [0.5, 0.6) is 5.75 Å². The largest absolute Gasteiger partial charge is 0.497 e. The van der Waals surface area contributed by atoms with E-state index in [4.69, 9.17) is 9.47 Å². The first kappa shape index (κ1) is 18.6. The number of rotatable bonds is 6. The van der Waals surface area contributed by atoms with Crippen LogP contribution in [0, 0.1) is 0 Å². The third-order valence-electron chi connectivity index (χ3n) is 3.73. The highest BCUT2D eigenvalue weighted by Gasteiger charge is 2.20. The van der Waals surface area contributed by atoms with Gasteiger partial charge in [-0.2, -0.15) is 5.10 Å². The number of benzene rings is 1. The molecule has 1 aromatic carbocycles. The number of carbonyl (C=O) groups is 2. The number of hydrogen-bond acceptors (Lipinski definition) is 6. The number of nitrogens with one attached hydrogen (secondary N) is 2. The first-order valence-corrected chi connectivity index (χ1v) is 8.26. The van der Waals surface area contributed by atoms with Crippen LogP contribution in [0.4, 0.5) is 10.5 Å². The van der Waals surface area contributed by atoms with E-state index in [-0.39, 0.29) is 18.5 Å². The Morgan fingerprint density at radius 2 is 2.04 bits per heavy atom. The minimum atomic E-state index is -0.298. The zero-order valence-corrected chi connectivity index (χ0v) is 14.6. The van der Waals surface area contributed by atoms with Crippen LogP contribution >= 0.6 is 0 Å². The van der Waals surface area contributed by atoms with Gasteiger partial charge >= 0.3 is 6.09 Å². The van der Waals surface area contributed by atoms with Crippen molar-refractivity contribution in [3.63, 3.8) is 0 Å². The van der Waals surface area contributed by atoms with Crippen LogP contribution in [0.3, 0.4) is 0 Å². The number of carbonyl (C=O) groups excluding carboxylic acids is 2. The zero-order valence-electron chi connectivity index (χ0n) is 14.6. The number of anilines is 1. The normalized spacial score (nSPS) is 13.8. The molecule has 0 aromatic heterocycles. The molecule has 1 aromatic rings. The number of hydrazone groups is 1. The summed E-state index contributed by atoms with van der Waals surface area (Å²) in [6.07, 6.45) is 0.957. The third-order valence-corrected chi connectivity index (χ3v) is 3.73. The predicted molar refractivity (Wildman–Crippen MR) is 94.9 cm³/mol. The molecule has 25 heavy (non-hydrogen) atoms. The molecule has 1 aliphatic rings. The maximum atomic E-state index is 11.9. The lowest BCUT2D eigenvalue weighted by atomic mass is 10.1. The van der Waals surface area contributed by atoms with Crippen LogP contribution < -0.4 is 15.5 Å². The summed E-state index contributed by atoms with van der Waals surface area (Å²) < 4.78 is 10.1. The highest BCUT2D eigenvalue weighted by atomic mass is 16.6. The van der Waals surface area contributed by atoms with E-state index in [1.54, 1.807) is 18.9 Å². The molecule has 0 spiro atoms. The summed E-state index contributed by atoms with van der Waals surface area (Å²) in [5.41, 5.74) is 4.21. The summed E-state index contributed by atoms with van der Waals surface area (Å²) in [5.74, 6) is 0.488. The lowest BCUT2D eigenvalue weighted by Gasteiger charge is -2.26. The third kappa shape index (κ3) is 5.98. The lowest BCUT2D eigenvalue weighted by Crippen LogP contribution is -2.39. The standard InChI is InChI=1S/C17H24N4O4/c1-3-25-17(23)21-9-7-13(8-10-21)19-20-16(22)12-18-14-5-4-6-15(11-14)24-2/h4-6,11,18H,3,7-10,12H2,1-2H3,(H,20,22). The average Bonchev–Trinajstić information content (AvgIpc) is 2.65. The molecule has 0 radical (unpaired) electrons. The smallest absolute Gasteiger partial charge is 0.409 e. The Balaban J connectivity index is 1.72. The first-order chi connectivity index (χ1) is 12.1. The van der Waals surface area contributed by atoms with E-state index in [9.17, 15) is 9.59 Å². The molecule has 0 aliphatic carbocycles. The molecular weight excluding hydrogens is 324 g/mol. The van der Waals surface area contributed by atoms with Gasteiger partial charge in [-0.25, -0.2) is 10.2 Å². The lowest BCUT2D eigenvalue weighted by molar-refractivity contribution is -0.119. The van der Waals surface area contributed by atoms with Crippen LogP contribution in [-0.4, -0.2) is 56.0 Å². The van der Waals surface area contributed by atoms with E-state index in [1.165, 1.54) is 0 Å². The quantitative estimate of drug-likeness (QED) is 0.765. The summed E-state index contributed by atoms with van der Waals surface area (Å²) in [6.45, 7) is 3.36. The fraction of sp³-hybridized carbons (Fsp3) is 0.471. The SMILES string of the molecule is CCOC(=O)N1CCC(=NNC(=O)CNc2cccc(OC)c2)CC1. The van der Waals surface area contributed by atoms with Crippen molar-refractivity contribution in [2.24, 2.45) is 5.10 Å². The van der Waals surface area contributed by atoms with Crippen molar-refractivity contribution in [1.29, 1.82) is 0 Å². The summed E-state index contributed by atoms with van der Waals surface area (Å²) in [7, 11) is 1.59. The van der Waals surface area contributed by atoms with Gasteiger partial charge in [-0.05, 0) is 19.1 Å². The summed E-state index contributed by atoms with van der Waals surface area (Å²) >= 11 is 0. The molecule has 0 saturated carbocycles. The van der Waals surface area contributed by atoms with Gasteiger partial charge in [0.25, 0.3) is 5.91 Å². The zero-order chi connectivity index (χ0) is 18.1. The molecule has 0 atom stereocenters. The highest BCUT2D eigenvalue weighted by molar-refractivity contribution is 5.89. The Labute approximate surface area is 147 Å². The first-order valence-electron chi connectivity index (χ1n) is 8.26. The van der Waals surface area contributed by atoms with Crippen molar-refractivity contribution < 1.29 is 19.1 Å². The fourth-order valence-electron chi connectivity index (χ4n) is 2.37. The van der Waals surface area contributed by atoms with Crippen molar-refractivity contribution >= 4 is 23.4 Å². The van der Waals surface area contributed by atoms with Gasteiger partial charge in [-0.1, -0.05) is 6.07 Å². The molecule has 2 rings (SSSR count). The molecule has 8 nitrogen and oxygen atoms in total. The number of hydrogen-bond donors (Lipinski definition) is 2. The maximum absolute atomic E-state index is 11.9. The molecule has 0 bridgehead atoms. The predicted octanol–water partition coefficient (Wildman–Crippen LogP) is 1.83. The Bertz CT molecular complexity index is 623. The van der Waals surface area contributed by atoms with Gasteiger partial charge in [-0.3, -0.25) is 4.79 Å². The van der Waals surface area contributed by atoms with Crippen molar-refractivity contribution in [1.82, 2.24) is 10.3 Å². The van der Waals surface area contributed by atoms with E-state index in [2.05, 4.69) is 15.8 Å². The molecule has 1 saturated heterocycles. The number of likely N-dealkylation sites (tertiary alicyclic amines) is 1. The van der Waals surface area contributed by atoms with Crippen LogP contribution in [0.1, 0.15) is 19.8 Å². The molecule has 136 valence electrons. The van der Waals surface area contributed by atoms with Crippen LogP contribution in [0.15, 0.2) is 29.4 Å². The fourth-order valence-corrected chi connectivity index (χ4v) is 2.37. The number of nitrogens with zero attached hydrogens (tertiary/aromatic N) is 2. The Hall–Kier alpha value is -2.77. The topological polar surface area (TPSA) is 92.3 Å². The number of piperidine rings is 1. The summed E-state index contributed by atoms with van der Waals surface area (Å²) in [5, 5.41) is 7.15. The Morgan fingerprint density at radius 3 is 2.72 bits per heavy atom. The second-order valence-electron chi connectivity index (χ2n) is 5.48. The van der Waals surface area contributed by atoms with Crippen molar-refractivity contribution in [3.05, 3.63) is 24.3 Å². The summed E-state index contributed by atoms with van der Waals surface area (Å²) in [4.78, 5) is 25.1. The van der Waals surface area contributed by atoms with Crippen molar-refractivity contribution in [2.75, 3.05) is 38.7 Å². The highest BCUT2D eigenvalue weighted by Crippen LogP contribution is 2.16. The minimum absolute atomic E-state index is 0.110. The molecule has 1 fully saturated rings. The van der Waals surface area contributed by atoms with Gasteiger partial charge in [-0.15, -0.1) is 0 Å². The molecular formula is C17H24N4O4. The number of methoxy groups -OCH3 is 1. The van der Waals surface area contributed by atoms with Gasteiger partial charge in [0.1, 0.15) is 5.75 Å². The summed E-state index contributed by atoms with van der Waals surface area (Å²) in [6, 6.07) is 7.34. The van der Waals surface area contributed by atoms with Gasteiger partial charge in [0.05, 0.1) is 20.3 Å². The maximum Gasteiger partial charge on any atom is 0.409 e. The van der Waals surface area contributed by atoms with Crippen LogP contribution in [0.25, 0.3) is 0 Å². The van der Waals surface area contributed by atoms with Gasteiger partial charge < -0.3 is 19.7 Å². The molecule has 2 N–H and O–H groups in total. The minimum Gasteiger partial charge on any atom is -0.497 e. The second kappa shape index (κ2) is 9.51. The Morgan fingerprint density at radius 1 is 1.28 bits per heavy atom. The van der Waals surface area contributed by atoms with Crippen LogP contribution in [0.2, 0.25) is 0 Å². The molecule has 0 unspecified atom stereocenters. The number of amides is 2. The van der Waals surface area contributed by atoms with E-state index in [0.29, 0.717) is 32.5 Å². The molecule has 1 heterocycles.